The third kappa shape index (κ3) is 7.09. The average molecular weight is 680 g/mol. The fraction of sp³-hybridized carbons (Fsp3) is 0.474. The van der Waals surface area contributed by atoms with Crippen molar-refractivity contribution >= 4 is 20.6 Å². The molecule has 1 aliphatic carbocycles. The summed E-state index contributed by atoms with van der Waals surface area (Å²) in [6.45, 7) is 10.7. The van der Waals surface area contributed by atoms with E-state index in [-0.39, 0.29) is 30.1 Å². The molecule has 49 heavy (non-hydrogen) atoms. The van der Waals surface area contributed by atoms with Gasteiger partial charge in [0.25, 0.3) is 0 Å². The number of aromatic amines is 2. The number of methoxy groups -OCH3 is 1. The first kappa shape index (κ1) is 33.3. The predicted octanol–water partition coefficient (Wildman–Crippen LogP) is 7.29. The minimum atomic E-state index is -1.43. The van der Waals surface area contributed by atoms with Gasteiger partial charge in [0, 0.05) is 35.9 Å². The summed E-state index contributed by atoms with van der Waals surface area (Å²) >= 11 is 0. The molecule has 0 spiro atoms. The zero-order chi connectivity index (χ0) is 34.3. The second kappa shape index (κ2) is 13.6. The van der Waals surface area contributed by atoms with Gasteiger partial charge < -0.3 is 24.9 Å². The van der Waals surface area contributed by atoms with Crippen LogP contribution >= 0.6 is 0 Å². The Hall–Kier alpha value is -4.22. The van der Waals surface area contributed by atoms with E-state index in [0.717, 1.165) is 89.8 Å². The van der Waals surface area contributed by atoms with Gasteiger partial charge in [-0.15, -0.1) is 0 Å². The van der Waals surface area contributed by atoms with Crippen LogP contribution in [0.3, 0.4) is 0 Å². The van der Waals surface area contributed by atoms with E-state index in [0.29, 0.717) is 5.92 Å². The van der Waals surface area contributed by atoms with Crippen LogP contribution in [0.1, 0.15) is 74.9 Å². The molecule has 0 radical (unpaired) electrons. The molecular formula is C38H49N7O3Si. The highest BCUT2D eigenvalue weighted by Gasteiger charge is 2.40. The molecule has 2 amide bonds. The van der Waals surface area contributed by atoms with Crippen LogP contribution in [0.5, 0.6) is 0 Å². The van der Waals surface area contributed by atoms with Crippen molar-refractivity contribution in [2.24, 2.45) is 5.92 Å². The number of amides is 2. The number of carbonyl (C=O) groups excluding carboxylic acids is 2. The minimum absolute atomic E-state index is 0.00393. The number of ether oxygens (including phenoxy) is 1. The number of benzene rings is 2. The Morgan fingerprint density at radius 1 is 0.980 bits per heavy atom. The number of hydrogen-bond acceptors (Lipinski definition) is 6. The largest absolute Gasteiger partial charge is 0.453 e. The van der Waals surface area contributed by atoms with Crippen molar-refractivity contribution in [1.82, 2.24) is 35.1 Å². The number of alkyl carbamates (subject to hydrolysis) is 1. The van der Waals surface area contributed by atoms with Crippen LogP contribution in [-0.4, -0.2) is 82.7 Å². The SMILES string of the molecule is COC(=O)NC(CN1CCCC1c1nc(-c2ccc(-c3ccc(-c4cnc(C5C[Si](C)(C)CN5C=O)[nH]4)cc3)cc2)c(C2CC2)[nH]1)C(C)C. The zero-order valence-corrected chi connectivity index (χ0v) is 30.3. The molecule has 0 bridgehead atoms. The lowest BCUT2D eigenvalue weighted by molar-refractivity contribution is -0.118. The summed E-state index contributed by atoms with van der Waals surface area (Å²) < 4.78 is 4.90. The van der Waals surface area contributed by atoms with Gasteiger partial charge in [-0.2, -0.15) is 0 Å². The quantitative estimate of drug-likeness (QED) is 0.113. The molecule has 4 heterocycles. The van der Waals surface area contributed by atoms with Crippen molar-refractivity contribution in [3.63, 3.8) is 0 Å². The Morgan fingerprint density at radius 2 is 1.65 bits per heavy atom. The van der Waals surface area contributed by atoms with Crippen molar-refractivity contribution in [2.75, 3.05) is 26.4 Å². The van der Waals surface area contributed by atoms with Crippen molar-refractivity contribution in [3.05, 3.63) is 72.1 Å². The third-order valence-corrected chi connectivity index (χ3v) is 13.3. The zero-order valence-electron chi connectivity index (χ0n) is 29.3. The van der Waals surface area contributed by atoms with E-state index in [4.69, 9.17) is 9.72 Å². The molecule has 4 aromatic rings. The van der Waals surface area contributed by atoms with E-state index in [1.54, 1.807) is 0 Å². The number of imidazole rings is 2. The number of rotatable bonds is 11. The molecule has 2 aromatic heterocycles. The fourth-order valence-corrected chi connectivity index (χ4v) is 10.6. The Morgan fingerprint density at radius 3 is 2.29 bits per heavy atom. The van der Waals surface area contributed by atoms with Crippen molar-refractivity contribution in [3.8, 4) is 33.6 Å². The van der Waals surface area contributed by atoms with Crippen molar-refractivity contribution in [2.45, 2.75) is 82.7 Å². The van der Waals surface area contributed by atoms with Gasteiger partial charge in [0.1, 0.15) is 11.6 Å². The molecule has 1 saturated carbocycles. The topological polar surface area (TPSA) is 119 Å². The molecule has 3 N–H and O–H groups in total. The maximum Gasteiger partial charge on any atom is 0.407 e. The fourth-order valence-electron chi connectivity index (χ4n) is 7.68. The van der Waals surface area contributed by atoms with Crippen molar-refractivity contribution in [1.29, 1.82) is 0 Å². The smallest absolute Gasteiger partial charge is 0.407 e. The monoisotopic (exact) mass is 679 g/mol. The normalized spacial score (nSPS) is 21.3. The molecule has 3 fully saturated rings. The summed E-state index contributed by atoms with van der Waals surface area (Å²) in [5.41, 5.74) is 7.81. The number of nitrogens with zero attached hydrogens (tertiary/aromatic N) is 4. The number of carbonyl (C=O) groups is 2. The van der Waals surface area contributed by atoms with Gasteiger partial charge >= 0.3 is 6.09 Å². The molecule has 2 aliphatic heterocycles. The second-order valence-corrected chi connectivity index (χ2v) is 20.3. The van der Waals surface area contributed by atoms with Crippen LogP contribution in [0.4, 0.5) is 4.79 Å². The van der Waals surface area contributed by atoms with Crippen molar-refractivity contribution < 1.29 is 14.3 Å². The first-order valence-electron chi connectivity index (χ1n) is 17.8. The number of H-pyrrole nitrogens is 2. The molecule has 7 rings (SSSR count). The van der Waals surface area contributed by atoms with Crippen LogP contribution in [0.25, 0.3) is 33.6 Å². The highest BCUT2D eigenvalue weighted by Crippen LogP contribution is 2.45. The Kier molecular flexibility index (Phi) is 9.23. The average Bonchev–Trinajstić information content (AvgIpc) is 3.43. The highest BCUT2D eigenvalue weighted by atomic mass is 28.3. The summed E-state index contributed by atoms with van der Waals surface area (Å²) in [5, 5.41) is 3.03. The van der Waals surface area contributed by atoms with E-state index < -0.39 is 8.07 Å². The maximum absolute atomic E-state index is 12.0. The van der Waals surface area contributed by atoms with Gasteiger partial charge in [-0.25, -0.2) is 14.8 Å². The number of hydrogen-bond donors (Lipinski definition) is 3. The maximum atomic E-state index is 12.0. The van der Waals surface area contributed by atoms with Crippen LogP contribution in [0.2, 0.25) is 19.1 Å². The van der Waals surface area contributed by atoms with E-state index in [2.05, 4.69) is 101 Å². The van der Waals surface area contributed by atoms with Crippen LogP contribution in [0.15, 0.2) is 54.7 Å². The summed E-state index contributed by atoms with van der Waals surface area (Å²) in [5.74, 6) is 2.74. The lowest BCUT2D eigenvalue weighted by atomic mass is 10.00. The summed E-state index contributed by atoms with van der Waals surface area (Å²) in [6, 6.07) is 18.6. The lowest BCUT2D eigenvalue weighted by Gasteiger charge is -2.30. The first-order chi connectivity index (χ1) is 23.6. The Labute approximate surface area is 290 Å². The number of nitrogens with one attached hydrogen (secondary N) is 3. The molecule has 2 saturated heterocycles. The van der Waals surface area contributed by atoms with Gasteiger partial charge in [-0.05, 0) is 60.9 Å². The van der Waals surface area contributed by atoms with E-state index in [1.165, 1.54) is 25.6 Å². The molecule has 3 atom stereocenters. The predicted molar refractivity (Wildman–Crippen MR) is 195 cm³/mol. The number of aromatic nitrogens is 4. The molecule has 2 aromatic carbocycles. The molecular weight excluding hydrogens is 631 g/mol. The molecule has 3 unspecified atom stereocenters. The standard InChI is InChI=1S/C38H49N7O3Si/c1-24(2)31(41-38(47)48-3)20-44-18-6-7-32(44)37-42-34(35(43-37)29-16-17-29)28-14-10-26(11-15-28)25-8-12-27(13-9-25)30-19-39-36(40-30)33-21-49(4,5)23-45(33)22-46/h8-15,19,22,24,29,31-33H,6-7,16-18,20-21,23H2,1-5H3,(H,39,40)(H,41,47)(H,42,43). The summed E-state index contributed by atoms with van der Waals surface area (Å²) in [6.07, 6.45) is 7.91. The van der Waals surface area contributed by atoms with E-state index in [1.807, 2.05) is 11.1 Å². The van der Waals surface area contributed by atoms with Gasteiger partial charge in [-0.1, -0.05) is 75.5 Å². The molecule has 3 aliphatic rings. The Bertz CT molecular complexity index is 1780. The third-order valence-electron chi connectivity index (χ3n) is 10.6. The first-order valence-corrected chi connectivity index (χ1v) is 21.2. The second-order valence-electron chi connectivity index (χ2n) is 15.3. The lowest BCUT2D eigenvalue weighted by Crippen LogP contribution is -2.46. The van der Waals surface area contributed by atoms with Gasteiger partial charge in [0.2, 0.25) is 6.41 Å². The molecule has 11 heteroatoms. The summed E-state index contributed by atoms with van der Waals surface area (Å²) in [4.78, 5) is 45.3. The Balaban J connectivity index is 1.06. The molecule has 10 nitrogen and oxygen atoms in total. The van der Waals surface area contributed by atoms with E-state index in [9.17, 15) is 9.59 Å². The van der Waals surface area contributed by atoms with Gasteiger partial charge in [0.15, 0.2) is 0 Å². The number of likely N-dealkylation sites (tertiary alicyclic amines) is 1. The van der Waals surface area contributed by atoms with Crippen LogP contribution in [-0.2, 0) is 9.53 Å². The van der Waals surface area contributed by atoms with Crippen LogP contribution < -0.4 is 5.32 Å². The van der Waals surface area contributed by atoms with Gasteiger partial charge in [-0.3, -0.25) is 9.69 Å². The summed E-state index contributed by atoms with van der Waals surface area (Å²) in [7, 11) is -0.0125. The van der Waals surface area contributed by atoms with E-state index >= 15 is 0 Å². The minimum Gasteiger partial charge on any atom is -0.453 e. The highest BCUT2D eigenvalue weighted by molar-refractivity contribution is 6.78. The molecule has 258 valence electrons. The van der Waals surface area contributed by atoms with Crippen LogP contribution in [0, 0.1) is 5.92 Å². The van der Waals surface area contributed by atoms with Gasteiger partial charge in [0.05, 0.1) is 44.9 Å².